The van der Waals surface area contributed by atoms with E-state index in [0.717, 1.165) is 28.9 Å². The van der Waals surface area contributed by atoms with Gasteiger partial charge in [0.05, 0.1) is 0 Å². The summed E-state index contributed by atoms with van der Waals surface area (Å²) in [6.45, 7) is 4.31. The first-order chi connectivity index (χ1) is 12.7. The number of hydrogen-bond donors (Lipinski definition) is 0. The standard InChI is InChI=1S/C24H30OS/c1-4-5-6-7-10-21(18-17-20-15-13-19(2)14-16-20)24(25)22-11-8-9-12-23(22)26-3/h8-9,11-18,21H,4-7,10H2,1-3H3/b18-17+/t21-/m0/s1. The molecule has 0 unspecified atom stereocenters. The van der Waals surface area contributed by atoms with Gasteiger partial charge in [-0.25, -0.2) is 0 Å². The van der Waals surface area contributed by atoms with E-state index in [4.69, 9.17) is 0 Å². The molecule has 2 aromatic rings. The van der Waals surface area contributed by atoms with Gasteiger partial charge in [0.1, 0.15) is 0 Å². The minimum Gasteiger partial charge on any atom is -0.293 e. The molecule has 138 valence electrons. The van der Waals surface area contributed by atoms with Crippen molar-refractivity contribution in [3.8, 4) is 0 Å². The van der Waals surface area contributed by atoms with Gasteiger partial charge in [0.2, 0.25) is 0 Å². The quantitative estimate of drug-likeness (QED) is 0.251. The lowest BCUT2D eigenvalue weighted by Gasteiger charge is -2.14. The van der Waals surface area contributed by atoms with Crippen LogP contribution < -0.4 is 0 Å². The van der Waals surface area contributed by atoms with Gasteiger partial charge >= 0.3 is 0 Å². The Morgan fingerprint density at radius 1 is 1.04 bits per heavy atom. The zero-order chi connectivity index (χ0) is 18.8. The van der Waals surface area contributed by atoms with Gasteiger partial charge in [-0.2, -0.15) is 0 Å². The van der Waals surface area contributed by atoms with E-state index in [9.17, 15) is 4.79 Å². The van der Waals surface area contributed by atoms with E-state index in [1.54, 1.807) is 11.8 Å². The summed E-state index contributed by atoms with van der Waals surface area (Å²) in [6.07, 6.45) is 11.9. The first-order valence-electron chi connectivity index (χ1n) is 9.57. The number of carbonyl (C=O) groups is 1. The number of carbonyl (C=O) groups excluding carboxylic acids is 1. The molecule has 0 saturated heterocycles. The Morgan fingerprint density at radius 2 is 1.77 bits per heavy atom. The number of hydrogen-bond acceptors (Lipinski definition) is 2. The van der Waals surface area contributed by atoms with Crippen LogP contribution in [0.2, 0.25) is 0 Å². The minimum atomic E-state index is -0.0542. The lowest BCUT2D eigenvalue weighted by atomic mass is 9.91. The van der Waals surface area contributed by atoms with Crippen LogP contribution in [0.3, 0.4) is 0 Å². The van der Waals surface area contributed by atoms with E-state index in [1.165, 1.54) is 24.8 Å². The van der Waals surface area contributed by atoms with Crippen molar-refractivity contribution in [2.75, 3.05) is 6.26 Å². The third kappa shape index (κ3) is 6.17. The minimum absolute atomic E-state index is 0.0542. The van der Waals surface area contributed by atoms with Gasteiger partial charge in [-0.05, 0) is 31.2 Å². The van der Waals surface area contributed by atoms with Crippen molar-refractivity contribution >= 4 is 23.6 Å². The zero-order valence-electron chi connectivity index (χ0n) is 16.2. The number of Topliss-reactive ketones (excluding diaryl/α,β-unsaturated/α-hetero) is 1. The highest BCUT2D eigenvalue weighted by atomic mass is 32.2. The SMILES string of the molecule is CCCCCC[C@@H](/C=C/c1ccc(C)cc1)C(=O)c1ccccc1SC. The number of unbranched alkanes of at least 4 members (excludes halogenated alkanes) is 3. The fourth-order valence-corrected chi connectivity index (χ4v) is 3.66. The summed E-state index contributed by atoms with van der Waals surface area (Å²) in [4.78, 5) is 14.3. The predicted octanol–water partition coefficient (Wildman–Crippen LogP) is 7.20. The summed E-state index contributed by atoms with van der Waals surface area (Å²) >= 11 is 1.64. The molecule has 0 aliphatic carbocycles. The summed E-state index contributed by atoms with van der Waals surface area (Å²) in [5.41, 5.74) is 3.26. The van der Waals surface area contributed by atoms with Crippen LogP contribution in [0.25, 0.3) is 6.08 Å². The van der Waals surface area contributed by atoms with Crippen LogP contribution in [0.15, 0.2) is 59.5 Å². The second-order valence-corrected chi connectivity index (χ2v) is 7.64. The van der Waals surface area contributed by atoms with E-state index in [2.05, 4.69) is 50.3 Å². The maximum Gasteiger partial charge on any atom is 0.170 e. The fourth-order valence-electron chi connectivity index (χ4n) is 3.06. The van der Waals surface area contributed by atoms with E-state index < -0.39 is 0 Å². The highest BCUT2D eigenvalue weighted by molar-refractivity contribution is 7.98. The molecule has 0 aliphatic rings. The van der Waals surface area contributed by atoms with Crippen molar-refractivity contribution in [2.24, 2.45) is 5.92 Å². The summed E-state index contributed by atoms with van der Waals surface area (Å²) in [5.74, 6) is 0.191. The topological polar surface area (TPSA) is 17.1 Å². The van der Waals surface area contributed by atoms with Crippen LogP contribution in [-0.2, 0) is 0 Å². The lowest BCUT2D eigenvalue weighted by molar-refractivity contribution is 0.0936. The summed E-state index contributed by atoms with van der Waals surface area (Å²) in [5, 5.41) is 0. The molecule has 26 heavy (non-hydrogen) atoms. The molecule has 0 heterocycles. The van der Waals surface area contributed by atoms with Crippen LogP contribution in [0, 0.1) is 12.8 Å². The van der Waals surface area contributed by atoms with Gasteiger partial charge in [-0.3, -0.25) is 4.79 Å². The first-order valence-corrected chi connectivity index (χ1v) is 10.8. The van der Waals surface area contributed by atoms with Gasteiger partial charge in [0.25, 0.3) is 0 Å². The molecule has 1 nitrogen and oxygen atoms in total. The third-order valence-corrected chi connectivity index (χ3v) is 5.47. The molecule has 0 aliphatic heterocycles. The van der Waals surface area contributed by atoms with Crippen LogP contribution in [0.5, 0.6) is 0 Å². The monoisotopic (exact) mass is 366 g/mol. The fraction of sp³-hybridized carbons (Fsp3) is 0.375. The highest BCUT2D eigenvalue weighted by Gasteiger charge is 2.19. The van der Waals surface area contributed by atoms with Crippen molar-refractivity contribution in [1.29, 1.82) is 0 Å². The third-order valence-electron chi connectivity index (χ3n) is 4.68. The molecule has 2 heteroatoms. The van der Waals surface area contributed by atoms with E-state index in [-0.39, 0.29) is 11.7 Å². The molecular formula is C24H30OS. The molecule has 0 radical (unpaired) electrons. The van der Waals surface area contributed by atoms with Gasteiger partial charge in [-0.15, -0.1) is 11.8 Å². The van der Waals surface area contributed by atoms with E-state index in [1.807, 2.05) is 30.5 Å². The van der Waals surface area contributed by atoms with E-state index >= 15 is 0 Å². The van der Waals surface area contributed by atoms with E-state index in [0.29, 0.717) is 0 Å². The molecule has 1 atom stereocenters. The highest BCUT2D eigenvalue weighted by Crippen LogP contribution is 2.26. The molecule has 0 aromatic heterocycles. The van der Waals surface area contributed by atoms with Crippen LogP contribution in [0.4, 0.5) is 0 Å². The smallest absolute Gasteiger partial charge is 0.170 e. The van der Waals surface area contributed by atoms with Gasteiger partial charge in [0.15, 0.2) is 5.78 Å². The van der Waals surface area contributed by atoms with Gasteiger partial charge in [-0.1, -0.05) is 92.8 Å². The number of ketones is 1. The Hall–Kier alpha value is -1.80. The average molecular weight is 367 g/mol. The predicted molar refractivity (Wildman–Crippen MR) is 115 cm³/mol. The van der Waals surface area contributed by atoms with Crippen molar-refractivity contribution < 1.29 is 4.79 Å². The summed E-state index contributed by atoms with van der Waals surface area (Å²) in [6, 6.07) is 16.4. The Balaban J connectivity index is 2.18. The maximum absolute atomic E-state index is 13.2. The summed E-state index contributed by atoms with van der Waals surface area (Å²) in [7, 11) is 0. The number of aryl methyl sites for hydroxylation is 1. The molecule has 0 spiro atoms. The maximum atomic E-state index is 13.2. The van der Waals surface area contributed by atoms with Crippen molar-refractivity contribution in [1.82, 2.24) is 0 Å². The van der Waals surface area contributed by atoms with Crippen LogP contribution in [0.1, 0.15) is 60.5 Å². The number of thioether (sulfide) groups is 1. The van der Waals surface area contributed by atoms with Gasteiger partial charge in [0, 0.05) is 16.4 Å². The largest absolute Gasteiger partial charge is 0.293 e. The van der Waals surface area contributed by atoms with Crippen molar-refractivity contribution in [2.45, 2.75) is 50.8 Å². The number of rotatable bonds is 10. The first kappa shape index (κ1) is 20.5. The second-order valence-electron chi connectivity index (χ2n) is 6.79. The average Bonchev–Trinajstić information content (AvgIpc) is 2.68. The zero-order valence-corrected chi connectivity index (χ0v) is 17.0. The van der Waals surface area contributed by atoms with Crippen molar-refractivity contribution in [3.63, 3.8) is 0 Å². The normalized spacial score (nSPS) is 12.4. The lowest BCUT2D eigenvalue weighted by Crippen LogP contribution is -2.13. The van der Waals surface area contributed by atoms with Crippen molar-refractivity contribution in [3.05, 3.63) is 71.3 Å². The Morgan fingerprint density at radius 3 is 2.46 bits per heavy atom. The number of benzene rings is 2. The molecule has 0 saturated carbocycles. The Bertz CT molecular complexity index is 715. The molecule has 0 bridgehead atoms. The molecule has 2 rings (SSSR count). The Labute approximate surface area is 162 Å². The summed E-state index contributed by atoms with van der Waals surface area (Å²) < 4.78 is 0. The molecule has 0 amide bonds. The van der Waals surface area contributed by atoms with Crippen LogP contribution in [-0.4, -0.2) is 12.0 Å². The Kier molecular flexibility index (Phi) is 8.70. The molecule has 2 aromatic carbocycles. The molecule has 0 fully saturated rings. The number of allylic oxidation sites excluding steroid dienone is 1. The second kappa shape index (κ2) is 11.0. The molecule has 0 N–H and O–H groups in total. The van der Waals surface area contributed by atoms with Crippen LogP contribution >= 0.6 is 11.8 Å². The molecular weight excluding hydrogens is 336 g/mol. The van der Waals surface area contributed by atoms with Gasteiger partial charge < -0.3 is 0 Å².